The fourth-order valence-corrected chi connectivity index (χ4v) is 4.92. The lowest BCUT2D eigenvalue weighted by molar-refractivity contribution is -0.161. The third-order valence-electron chi connectivity index (χ3n) is 6.49. The van der Waals surface area contributed by atoms with E-state index in [1.54, 1.807) is 22.9 Å². The first-order chi connectivity index (χ1) is 14.3. The van der Waals surface area contributed by atoms with Gasteiger partial charge < -0.3 is 19.4 Å². The lowest BCUT2D eigenvalue weighted by Gasteiger charge is -2.50. The van der Waals surface area contributed by atoms with Crippen LogP contribution in [0.2, 0.25) is 0 Å². The van der Waals surface area contributed by atoms with Gasteiger partial charge in [-0.3, -0.25) is 9.59 Å². The molecule has 160 valence electrons. The molecule has 0 radical (unpaired) electrons. The molecule has 0 unspecified atom stereocenters. The molecule has 0 bridgehead atoms. The maximum absolute atomic E-state index is 13.5. The summed E-state index contributed by atoms with van der Waals surface area (Å²) in [5.74, 6) is 0.111. The smallest absolute Gasteiger partial charge is 0.292 e. The first-order valence-electron chi connectivity index (χ1n) is 10.6. The third kappa shape index (κ3) is 3.51. The van der Waals surface area contributed by atoms with E-state index >= 15 is 0 Å². The van der Waals surface area contributed by atoms with Crippen LogP contribution in [0, 0.1) is 5.41 Å². The Morgan fingerprint density at radius 2 is 2.03 bits per heavy atom. The molecule has 3 heterocycles. The van der Waals surface area contributed by atoms with Crippen LogP contribution in [0.25, 0.3) is 0 Å². The van der Waals surface area contributed by atoms with E-state index in [0.717, 1.165) is 11.3 Å². The van der Waals surface area contributed by atoms with Gasteiger partial charge in [0.15, 0.2) is 0 Å². The molecule has 0 saturated carbocycles. The summed E-state index contributed by atoms with van der Waals surface area (Å²) in [5.41, 5.74) is 0.885. The number of likely N-dealkylation sites (tertiary alicyclic amines) is 2. The van der Waals surface area contributed by atoms with Gasteiger partial charge in [0.25, 0.3) is 5.91 Å². The maximum Gasteiger partial charge on any atom is 0.292 e. The lowest BCUT2D eigenvalue weighted by Crippen LogP contribution is -2.60. The predicted octanol–water partition coefficient (Wildman–Crippen LogP) is 2.98. The normalized spacial score (nSPS) is 27.2. The highest BCUT2D eigenvalue weighted by Crippen LogP contribution is 2.45. The van der Waals surface area contributed by atoms with E-state index in [1.807, 2.05) is 44.2 Å². The highest BCUT2D eigenvalue weighted by Gasteiger charge is 2.52. The third-order valence-corrected chi connectivity index (χ3v) is 6.49. The summed E-state index contributed by atoms with van der Waals surface area (Å²) in [6, 6.07) is 10.9. The van der Waals surface area contributed by atoms with Gasteiger partial charge in [-0.25, -0.2) is 0 Å². The Labute approximate surface area is 176 Å². The minimum atomic E-state index is -0.770. The Bertz CT molecular complexity index is 926. The Morgan fingerprint density at radius 3 is 2.70 bits per heavy atom. The molecule has 2 fully saturated rings. The number of likely N-dealkylation sites (N-methyl/N-ethyl adjacent to an activating group) is 1. The summed E-state index contributed by atoms with van der Waals surface area (Å²) in [6.07, 6.45) is 1.02. The molecule has 7 nitrogen and oxygen atoms in total. The van der Waals surface area contributed by atoms with E-state index in [4.69, 9.17) is 4.52 Å². The summed E-state index contributed by atoms with van der Waals surface area (Å²) < 4.78 is 5.27. The summed E-state index contributed by atoms with van der Waals surface area (Å²) >= 11 is 0. The standard InChI is InChI=1S/C23H29N3O4/c1-15(2)17-12-19(30-24-17)21(28)26-11-7-10-23(14-26)13-18(27)20(25(3)22(23)29)16-8-5-4-6-9-16/h4-6,8-9,12,15,18,20,27H,7,10-11,13-14H2,1-3H3/t18-,20+,23-/m1/s1. The molecule has 30 heavy (non-hydrogen) atoms. The van der Waals surface area contributed by atoms with E-state index in [1.165, 1.54) is 0 Å². The molecule has 2 saturated heterocycles. The molecule has 2 amide bonds. The maximum atomic E-state index is 13.5. The van der Waals surface area contributed by atoms with Gasteiger partial charge in [-0.05, 0) is 30.7 Å². The van der Waals surface area contributed by atoms with Crippen molar-refractivity contribution >= 4 is 11.8 Å². The van der Waals surface area contributed by atoms with Crippen molar-refractivity contribution < 1.29 is 19.2 Å². The van der Waals surface area contributed by atoms with Crippen molar-refractivity contribution in [2.24, 2.45) is 5.41 Å². The number of carbonyl (C=O) groups is 2. The minimum absolute atomic E-state index is 0.0143. The van der Waals surface area contributed by atoms with Gasteiger partial charge in [0.1, 0.15) is 0 Å². The number of carbonyl (C=O) groups excluding carboxylic acids is 2. The van der Waals surface area contributed by atoms with Crippen molar-refractivity contribution in [1.29, 1.82) is 0 Å². The van der Waals surface area contributed by atoms with Crippen molar-refractivity contribution in [2.45, 2.75) is 51.2 Å². The fraction of sp³-hybridized carbons (Fsp3) is 0.522. The van der Waals surface area contributed by atoms with Crippen LogP contribution in [0.1, 0.15) is 66.9 Å². The van der Waals surface area contributed by atoms with E-state index < -0.39 is 11.5 Å². The van der Waals surface area contributed by atoms with Gasteiger partial charge in [-0.1, -0.05) is 49.3 Å². The summed E-state index contributed by atoms with van der Waals surface area (Å²) in [6.45, 7) is 4.82. The van der Waals surface area contributed by atoms with Crippen molar-refractivity contribution in [3.63, 3.8) is 0 Å². The predicted molar refractivity (Wildman–Crippen MR) is 111 cm³/mol. The summed E-state index contributed by atoms with van der Waals surface area (Å²) in [7, 11) is 1.75. The molecular formula is C23H29N3O4. The minimum Gasteiger partial charge on any atom is -0.391 e. The summed E-state index contributed by atoms with van der Waals surface area (Å²) in [5, 5.41) is 15.0. The van der Waals surface area contributed by atoms with Crippen LogP contribution in [0.3, 0.4) is 0 Å². The molecule has 1 spiro atoms. The zero-order chi connectivity index (χ0) is 21.5. The number of benzene rings is 1. The Hall–Kier alpha value is -2.67. The molecule has 4 rings (SSSR count). The van der Waals surface area contributed by atoms with Crippen molar-refractivity contribution in [2.75, 3.05) is 20.1 Å². The van der Waals surface area contributed by atoms with Crippen molar-refractivity contribution in [1.82, 2.24) is 15.0 Å². The SMILES string of the molecule is CC(C)c1cc(C(=O)N2CCC[C@@]3(C[C@@H](O)[C@H](c4ccccc4)N(C)C3=O)C2)on1. The number of piperidine rings is 2. The Kier molecular flexibility index (Phi) is 5.40. The van der Waals surface area contributed by atoms with E-state index in [0.29, 0.717) is 25.8 Å². The van der Waals surface area contributed by atoms with Gasteiger partial charge in [0.2, 0.25) is 11.7 Å². The van der Waals surface area contributed by atoms with Gasteiger partial charge in [0, 0.05) is 26.2 Å². The van der Waals surface area contributed by atoms with Gasteiger partial charge in [-0.2, -0.15) is 0 Å². The van der Waals surface area contributed by atoms with Crippen LogP contribution in [0.5, 0.6) is 0 Å². The second kappa shape index (κ2) is 7.87. The second-order valence-corrected chi connectivity index (χ2v) is 8.92. The van der Waals surface area contributed by atoms with Crippen LogP contribution in [-0.4, -0.2) is 58.1 Å². The van der Waals surface area contributed by atoms with E-state index in [9.17, 15) is 14.7 Å². The number of hydrogen-bond acceptors (Lipinski definition) is 5. The second-order valence-electron chi connectivity index (χ2n) is 8.92. The number of aliphatic hydroxyl groups is 1. The van der Waals surface area contributed by atoms with Crippen molar-refractivity contribution in [3.05, 3.63) is 53.4 Å². The van der Waals surface area contributed by atoms with Crippen LogP contribution in [0.4, 0.5) is 0 Å². The number of aromatic nitrogens is 1. The quantitative estimate of drug-likeness (QED) is 0.839. The molecule has 3 atom stereocenters. The molecule has 2 aromatic rings. The van der Waals surface area contributed by atoms with Gasteiger partial charge in [0.05, 0.1) is 23.3 Å². The number of nitrogens with zero attached hydrogens (tertiary/aromatic N) is 3. The van der Waals surface area contributed by atoms with Crippen LogP contribution in [0.15, 0.2) is 40.9 Å². The Balaban J connectivity index is 1.55. The fourth-order valence-electron chi connectivity index (χ4n) is 4.92. The number of aliphatic hydroxyl groups excluding tert-OH is 1. The van der Waals surface area contributed by atoms with E-state index in [2.05, 4.69) is 5.16 Å². The molecule has 7 heteroatoms. The molecule has 1 aromatic carbocycles. The zero-order valence-corrected chi connectivity index (χ0v) is 17.7. The molecule has 2 aliphatic rings. The molecule has 2 aliphatic heterocycles. The number of hydrogen-bond donors (Lipinski definition) is 1. The largest absolute Gasteiger partial charge is 0.391 e. The highest BCUT2D eigenvalue weighted by atomic mass is 16.5. The molecule has 0 aliphatic carbocycles. The number of rotatable bonds is 3. The lowest BCUT2D eigenvalue weighted by atomic mass is 9.69. The van der Waals surface area contributed by atoms with Crippen LogP contribution >= 0.6 is 0 Å². The summed E-state index contributed by atoms with van der Waals surface area (Å²) in [4.78, 5) is 29.8. The molecule has 1 aromatic heterocycles. The average molecular weight is 412 g/mol. The average Bonchev–Trinajstić information content (AvgIpc) is 3.23. The first kappa shape index (κ1) is 20.6. The Morgan fingerprint density at radius 1 is 1.30 bits per heavy atom. The number of amides is 2. The van der Waals surface area contributed by atoms with Crippen LogP contribution < -0.4 is 0 Å². The van der Waals surface area contributed by atoms with E-state index in [-0.39, 0.29) is 36.1 Å². The van der Waals surface area contributed by atoms with Gasteiger partial charge in [-0.15, -0.1) is 0 Å². The monoisotopic (exact) mass is 411 g/mol. The zero-order valence-electron chi connectivity index (χ0n) is 17.7. The molecule has 1 N–H and O–H groups in total. The van der Waals surface area contributed by atoms with Crippen LogP contribution in [-0.2, 0) is 4.79 Å². The topological polar surface area (TPSA) is 86.9 Å². The molecular weight excluding hydrogens is 382 g/mol. The highest BCUT2D eigenvalue weighted by molar-refractivity contribution is 5.93. The van der Waals surface area contributed by atoms with Gasteiger partial charge >= 0.3 is 0 Å². The van der Waals surface area contributed by atoms with Crippen molar-refractivity contribution in [3.8, 4) is 0 Å². The first-order valence-corrected chi connectivity index (χ1v) is 10.6.